The molecule has 1 aliphatic heterocycles. The summed E-state index contributed by atoms with van der Waals surface area (Å²) in [4.78, 5) is 34.5. The van der Waals surface area contributed by atoms with Crippen LogP contribution in [0, 0.1) is 18.5 Å². The Morgan fingerprint density at radius 2 is 1.73 bits per heavy atom. The van der Waals surface area contributed by atoms with Crippen LogP contribution >= 0.6 is 68.3 Å². The van der Waals surface area contributed by atoms with Crippen molar-refractivity contribution in [2.45, 2.75) is 24.5 Å². The first-order valence-electron chi connectivity index (χ1n) is 14.8. The number of nitrogens with zero attached hydrogens (tertiary/aromatic N) is 3. The van der Waals surface area contributed by atoms with Crippen LogP contribution in [0.25, 0.3) is 11.8 Å². The third-order valence-corrected chi connectivity index (χ3v) is 10.9. The number of esters is 1. The number of hydrogen-bond acceptors (Lipinski definition) is 8. The second-order valence-electron chi connectivity index (χ2n) is 10.6. The number of carbonyl (C=O) groups excluding carboxylic acids is 1. The van der Waals surface area contributed by atoms with Crippen LogP contribution in [0.15, 0.2) is 111 Å². The highest BCUT2D eigenvalue weighted by Gasteiger charge is 2.35. The first-order chi connectivity index (χ1) is 23.3. The average molecular weight is 896 g/mol. The van der Waals surface area contributed by atoms with E-state index in [1.807, 2.05) is 91.2 Å². The molecule has 0 N–H and O–H groups in total. The molecule has 6 rings (SSSR count). The van der Waals surface area contributed by atoms with Gasteiger partial charge >= 0.3 is 5.97 Å². The fourth-order valence-electron chi connectivity index (χ4n) is 5.33. The van der Waals surface area contributed by atoms with Crippen molar-refractivity contribution >= 4 is 86.0 Å². The number of aromatic nitrogens is 1. The third-order valence-electron chi connectivity index (χ3n) is 7.59. The molecule has 48 heavy (non-hydrogen) atoms. The van der Waals surface area contributed by atoms with E-state index in [-0.39, 0.29) is 12.2 Å². The summed E-state index contributed by atoms with van der Waals surface area (Å²) in [5, 5.41) is 9.07. The first-order valence-corrected chi connectivity index (χ1v) is 19.0. The highest BCUT2D eigenvalue weighted by atomic mass is 127. The molecule has 0 radical (unpaired) electrons. The van der Waals surface area contributed by atoms with Gasteiger partial charge in [-0.15, -0.1) is 11.8 Å². The monoisotopic (exact) mass is 895 g/mol. The molecular weight excluding hydrogens is 868 g/mol. The van der Waals surface area contributed by atoms with E-state index in [1.54, 1.807) is 35.4 Å². The number of thioether (sulfide) groups is 1. The largest absolute Gasteiger partial charge is 0.487 e. The lowest BCUT2D eigenvalue weighted by molar-refractivity contribution is -0.138. The van der Waals surface area contributed by atoms with Crippen LogP contribution in [0.4, 0.5) is 0 Å². The van der Waals surface area contributed by atoms with Gasteiger partial charge in [0.1, 0.15) is 12.4 Å². The van der Waals surface area contributed by atoms with Gasteiger partial charge in [-0.1, -0.05) is 65.9 Å². The summed E-state index contributed by atoms with van der Waals surface area (Å²) >= 11 is 7.41. The molecule has 0 spiro atoms. The van der Waals surface area contributed by atoms with E-state index in [2.05, 4.69) is 51.3 Å². The Kier molecular flexibility index (Phi) is 10.8. The van der Waals surface area contributed by atoms with Gasteiger partial charge in [-0.3, -0.25) is 9.36 Å². The molecule has 0 fully saturated rings. The van der Waals surface area contributed by atoms with Crippen molar-refractivity contribution in [2.24, 2.45) is 4.99 Å². The molecule has 2 heterocycles. The van der Waals surface area contributed by atoms with Crippen molar-refractivity contribution in [3.05, 3.63) is 151 Å². The van der Waals surface area contributed by atoms with Gasteiger partial charge in [-0.05, 0) is 118 Å². The van der Waals surface area contributed by atoms with Gasteiger partial charge in [0.2, 0.25) is 0 Å². The maximum Gasteiger partial charge on any atom is 0.338 e. The molecule has 1 aromatic heterocycles. The summed E-state index contributed by atoms with van der Waals surface area (Å²) < 4.78 is 15.7. The van der Waals surface area contributed by atoms with E-state index in [1.165, 1.54) is 11.3 Å². The lowest BCUT2D eigenvalue weighted by Crippen LogP contribution is -2.40. The van der Waals surface area contributed by atoms with Crippen LogP contribution in [0.2, 0.25) is 0 Å². The molecule has 240 valence electrons. The Morgan fingerprint density at radius 1 is 1.04 bits per heavy atom. The molecule has 0 unspecified atom stereocenters. The Balaban J connectivity index is 1.45. The highest BCUT2D eigenvalue weighted by molar-refractivity contribution is 14.1. The van der Waals surface area contributed by atoms with E-state index in [9.17, 15) is 9.59 Å². The van der Waals surface area contributed by atoms with E-state index in [4.69, 9.17) is 19.7 Å². The zero-order valence-electron chi connectivity index (χ0n) is 25.8. The number of ether oxygens (including phenoxy) is 2. The molecule has 1 atom stereocenters. The number of benzene rings is 4. The first kappa shape index (κ1) is 34.2. The van der Waals surface area contributed by atoms with Crippen LogP contribution in [-0.4, -0.2) is 23.4 Å². The molecule has 7 nitrogen and oxygen atoms in total. The maximum atomic E-state index is 14.3. The smallest absolute Gasteiger partial charge is 0.338 e. The second kappa shape index (κ2) is 15.2. The fourth-order valence-corrected chi connectivity index (χ4v) is 8.86. The average Bonchev–Trinajstić information content (AvgIpc) is 3.41. The summed E-state index contributed by atoms with van der Waals surface area (Å²) in [6.07, 6.45) is 3.87. The zero-order chi connectivity index (χ0) is 33.8. The molecule has 4 aromatic carbocycles. The highest BCUT2D eigenvalue weighted by Crippen LogP contribution is 2.36. The van der Waals surface area contributed by atoms with Gasteiger partial charge in [-0.2, -0.15) is 5.26 Å². The Hall–Kier alpha value is -3.71. The minimum absolute atomic E-state index is 0.192. The number of carbonyl (C=O) groups is 1. The normalized spacial score (nSPS) is 14.2. The lowest BCUT2D eigenvalue weighted by Gasteiger charge is -2.26. The number of rotatable bonds is 9. The van der Waals surface area contributed by atoms with Crippen LogP contribution in [0.3, 0.4) is 0 Å². The number of hydrogen-bond donors (Lipinski definition) is 0. The zero-order valence-corrected chi connectivity index (χ0v) is 31.7. The van der Waals surface area contributed by atoms with E-state index < -0.39 is 12.0 Å². The van der Waals surface area contributed by atoms with Gasteiger partial charge in [-0.25, -0.2) is 9.79 Å². The molecular formula is C37H27I2N3O4S2. The summed E-state index contributed by atoms with van der Waals surface area (Å²) in [5.41, 5.74) is 4.54. The Morgan fingerprint density at radius 3 is 2.35 bits per heavy atom. The van der Waals surface area contributed by atoms with Gasteiger partial charge in [0.15, 0.2) is 4.80 Å². The van der Waals surface area contributed by atoms with Crippen LogP contribution < -0.4 is 19.6 Å². The van der Waals surface area contributed by atoms with Crippen molar-refractivity contribution < 1.29 is 14.3 Å². The lowest BCUT2D eigenvalue weighted by atomic mass is 9.93. The van der Waals surface area contributed by atoms with Crippen molar-refractivity contribution in [1.29, 1.82) is 5.26 Å². The topological polar surface area (TPSA) is 93.7 Å². The third kappa shape index (κ3) is 7.17. The molecule has 11 heteroatoms. The van der Waals surface area contributed by atoms with E-state index in [0.717, 1.165) is 40.0 Å². The van der Waals surface area contributed by atoms with Gasteiger partial charge in [0.05, 0.1) is 47.2 Å². The molecule has 0 saturated carbocycles. The van der Waals surface area contributed by atoms with Crippen LogP contribution in [-0.2, 0) is 16.1 Å². The predicted molar refractivity (Wildman–Crippen MR) is 207 cm³/mol. The molecule has 0 amide bonds. The molecule has 5 aromatic rings. The number of thiazole rings is 1. The van der Waals surface area contributed by atoms with Crippen molar-refractivity contribution in [3.8, 4) is 11.8 Å². The number of nitriles is 1. The van der Waals surface area contributed by atoms with Gasteiger partial charge in [0.25, 0.3) is 5.56 Å². The predicted octanol–water partition coefficient (Wildman–Crippen LogP) is 7.32. The van der Waals surface area contributed by atoms with Gasteiger partial charge in [0, 0.05) is 10.5 Å². The van der Waals surface area contributed by atoms with Crippen molar-refractivity contribution in [1.82, 2.24) is 4.57 Å². The van der Waals surface area contributed by atoms with E-state index >= 15 is 0 Å². The summed E-state index contributed by atoms with van der Waals surface area (Å²) in [5.74, 6) is 0.244. The number of fused-ring (bicyclic) bond motifs is 1. The van der Waals surface area contributed by atoms with Crippen LogP contribution in [0.1, 0.15) is 40.8 Å². The van der Waals surface area contributed by atoms with Crippen molar-refractivity contribution in [3.63, 3.8) is 0 Å². The SMILES string of the molecule is CCOC(=O)C1=C(c2ccccc2)N=c2s/c(=C\c3cc(I)c(OCc4ccc(C#N)cc4)c(I)c3)c(=O)n2[C@@H]1c1ccc(SC)cc1. The molecule has 0 bridgehead atoms. The Labute approximate surface area is 312 Å². The fraction of sp³-hybridized carbons (Fsp3) is 0.135. The summed E-state index contributed by atoms with van der Waals surface area (Å²) in [7, 11) is 0. The van der Waals surface area contributed by atoms with Gasteiger partial charge < -0.3 is 9.47 Å². The summed E-state index contributed by atoms with van der Waals surface area (Å²) in [6, 6.07) is 30.1. The Bertz CT molecular complexity index is 2230. The molecule has 0 aliphatic carbocycles. The molecule has 0 saturated heterocycles. The van der Waals surface area contributed by atoms with E-state index in [0.29, 0.717) is 32.8 Å². The summed E-state index contributed by atoms with van der Waals surface area (Å²) in [6.45, 7) is 2.32. The second-order valence-corrected chi connectivity index (χ2v) is 14.8. The van der Waals surface area contributed by atoms with Crippen molar-refractivity contribution in [2.75, 3.05) is 12.9 Å². The minimum Gasteiger partial charge on any atom is -0.487 e. The molecule has 1 aliphatic rings. The standard InChI is InChI=1S/C37H27I2N3O4S2/c1-3-45-36(44)31-32(25-7-5-4-6-8-25)41-37-42(33(31)26-13-15-27(47-2)16-14-26)35(43)30(48-37)19-24-17-28(38)34(29(39)18-24)46-21-23-11-9-22(20-40)10-12-23/h4-19,33H,3,21H2,1-2H3/b30-19-/t33-/m1/s1. The maximum absolute atomic E-state index is 14.3. The minimum atomic E-state index is -0.730. The number of halogens is 2. The van der Waals surface area contributed by atoms with Crippen LogP contribution in [0.5, 0.6) is 5.75 Å². The quantitative estimate of drug-likeness (QED) is 0.0876.